The summed E-state index contributed by atoms with van der Waals surface area (Å²) in [4.78, 5) is 12.6. The van der Waals surface area contributed by atoms with Gasteiger partial charge in [0.05, 0.1) is 17.9 Å². The maximum absolute atomic E-state index is 13.3. The van der Waals surface area contributed by atoms with Gasteiger partial charge in [0.1, 0.15) is 4.90 Å². The van der Waals surface area contributed by atoms with Crippen molar-refractivity contribution in [2.24, 2.45) is 11.8 Å². The second-order valence-electron chi connectivity index (χ2n) is 9.09. The van der Waals surface area contributed by atoms with Crippen LogP contribution in [0.2, 0.25) is 0 Å². The minimum absolute atomic E-state index is 0.0474. The maximum Gasteiger partial charge on any atom is 0.251 e. The molecule has 168 valence electrons. The van der Waals surface area contributed by atoms with Crippen molar-refractivity contribution in [2.75, 3.05) is 19.6 Å². The molecule has 1 aliphatic heterocycles. The molecule has 0 radical (unpaired) electrons. The zero-order valence-electron chi connectivity index (χ0n) is 18.6. The highest BCUT2D eigenvalue weighted by molar-refractivity contribution is 7.89. The van der Waals surface area contributed by atoms with Crippen LogP contribution in [0.5, 0.6) is 0 Å². The molecule has 7 nitrogen and oxygen atoms in total. The monoisotopic (exact) mass is 444 g/mol. The molecular formula is C23H32N4O3S. The highest BCUT2D eigenvalue weighted by Gasteiger charge is 2.33. The number of nitrogens with one attached hydrogen (secondary N) is 1. The summed E-state index contributed by atoms with van der Waals surface area (Å²) in [5, 5.41) is 7.50. The molecule has 0 unspecified atom stereocenters. The molecule has 1 saturated heterocycles. The lowest BCUT2D eigenvalue weighted by Gasteiger charge is -2.29. The Labute approximate surface area is 184 Å². The Hall–Kier alpha value is -2.19. The van der Waals surface area contributed by atoms with Crippen LogP contribution in [-0.4, -0.2) is 48.0 Å². The number of rotatable bonds is 7. The number of sulfonamides is 1. The van der Waals surface area contributed by atoms with Crippen LogP contribution in [0.3, 0.4) is 0 Å². The van der Waals surface area contributed by atoms with Gasteiger partial charge in [0.2, 0.25) is 10.0 Å². The molecule has 1 aromatic heterocycles. The first kappa shape index (κ1) is 22.0. The van der Waals surface area contributed by atoms with E-state index < -0.39 is 10.0 Å². The van der Waals surface area contributed by atoms with Crippen LogP contribution in [0.25, 0.3) is 0 Å². The molecule has 1 N–H and O–H groups in total. The predicted octanol–water partition coefficient (Wildman–Crippen LogP) is 3.11. The summed E-state index contributed by atoms with van der Waals surface area (Å²) in [7, 11) is -3.55. The largest absolute Gasteiger partial charge is 0.352 e. The fourth-order valence-electron chi connectivity index (χ4n) is 4.16. The van der Waals surface area contributed by atoms with Gasteiger partial charge in [-0.25, -0.2) is 8.42 Å². The van der Waals surface area contributed by atoms with Gasteiger partial charge in [-0.05, 0) is 69.1 Å². The summed E-state index contributed by atoms with van der Waals surface area (Å²) in [6.07, 6.45) is 4.20. The number of hydrogen-bond acceptors (Lipinski definition) is 4. The number of carbonyl (C=O) groups is 1. The second-order valence-corrected chi connectivity index (χ2v) is 11.0. The van der Waals surface area contributed by atoms with Gasteiger partial charge in [-0.1, -0.05) is 19.1 Å². The van der Waals surface area contributed by atoms with E-state index in [9.17, 15) is 13.2 Å². The summed E-state index contributed by atoms with van der Waals surface area (Å²) in [5.74, 6) is 1.16. The van der Waals surface area contributed by atoms with Crippen molar-refractivity contribution in [2.45, 2.75) is 57.9 Å². The fraction of sp³-hybridized carbons (Fsp3) is 0.565. The average molecular weight is 445 g/mol. The highest BCUT2D eigenvalue weighted by atomic mass is 32.2. The molecule has 0 atom stereocenters. The first-order valence-electron chi connectivity index (χ1n) is 11.2. The molecule has 1 aromatic carbocycles. The number of carbonyl (C=O) groups excluding carboxylic acids is 1. The SMILES string of the molecule is Cc1nn(Cc2ccc(C(=O)NCC3CC3)cc2)c(C)c1S(=O)(=O)N1CCC(C)CC1. The predicted molar refractivity (Wildman–Crippen MR) is 119 cm³/mol. The standard InChI is InChI=1S/C23H32N4O3S/c1-16-10-12-26(13-11-16)31(29,30)22-17(2)25-27(18(22)3)15-20-6-8-21(9-7-20)23(28)24-14-19-4-5-19/h6-9,16,19H,4-5,10-15H2,1-3H3,(H,24,28). The summed E-state index contributed by atoms with van der Waals surface area (Å²) >= 11 is 0. The number of aryl methyl sites for hydroxylation is 1. The van der Waals surface area contributed by atoms with Crippen molar-refractivity contribution in [3.8, 4) is 0 Å². The molecule has 2 heterocycles. The van der Waals surface area contributed by atoms with E-state index in [0.29, 0.717) is 53.3 Å². The Balaban J connectivity index is 1.47. The zero-order chi connectivity index (χ0) is 22.2. The number of hydrogen-bond donors (Lipinski definition) is 1. The summed E-state index contributed by atoms with van der Waals surface area (Å²) in [6.45, 7) is 8.09. The Morgan fingerprint density at radius 3 is 2.35 bits per heavy atom. The molecule has 0 bridgehead atoms. The Morgan fingerprint density at radius 1 is 1.10 bits per heavy atom. The van der Waals surface area contributed by atoms with Gasteiger partial charge < -0.3 is 5.32 Å². The van der Waals surface area contributed by atoms with E-state index in [1.807, 2.05) is 31.2 Å². The lowest BCUT2D eigenvalue weighted by atomic mass is 10.0. The van der Waals surface area contributed by atoms with Gasteiger partial charge in [0, 0.05) is 25.2 Å². The molecule has 31 heavy (non-hydrogen) atoms. The van der Waals surface area contributed by atoms with E-state index in [0.717, 1.165) is 24.9 Å². The lowest BCUT2D eigenvalue weighted by molar-refractivity contribution is 0.0951. The Kier molecular flexibility index (Phi) is 6.21. The molecule has 2 aromatic rings. The van der Waals surface area contributed by atoms with Crippen molar-refractivity contribution in [1.82, 2.24) is 19.4 Å². The van der Waals surface area contributed by atoms with Crippen LogP contribution in [0.15, 0.2) is 29.2 Å². The van der Waals surface area contributed by atoms with E-state index in [4.69, 9.17) is 0 Å². The van der Waals surface area contributed by atoms with Crippen LogP contribution < -0.4 is 5.32 Å². The van der Waals surface area contributed by atoms with Crippen LogP contribution in [0.4, 0.5) is 0 Å². The third-order valence-corrected chi connectivity index (χ3v) is 8.60. The highest BCUT2D eigenvalue weighted by Crippen LogP contribution is 2.28. The normalized spacial score (nSPS) is 18.3. The lowest BCUT2D eigenvalue weighted by Crippen LogP contribution is -2.38. The molecule has 0 spiro atoms. The van der Waals surface area contributed by atoms with Crippen LogP contribution in [0.1, 0.15) is 59.9 Å². The number of piperidine rings is 1. The van der Waals surface area contributed by atoms with Crippen molar-refractivity contribution >= 4 is 15.9 Å². The van der Waals surface area contributed by atoms with Gasteiger partial charge in [-0.15, -0.1) is 0 Å². The van der Waals surface area contributed by atoms with E-state index in [2.05, 4.69) is 17.3 Å². The number of nitrogens with zero attached hydrogens (tertiary/aromatic N) is 3. The summed E-state index contributed by atoms with van der Waals surface area (Å²) < 4.78 is 29.9. The van der Waals surface area contributed by atoms with Crippen LogP contribution >= 0.6 is 0 Å². The third kappa shape index (κ3) is 4.85. The molecule has 8 heteroatoms. The number of aromatic nitrogens is 2. The van der Waals surface area contributed by atoms with Gasteiger partial charge >= 0.3 is 0 Å². The quantitative estimate of drug-likeness (QED) is 0.711. The maximum atomic E-state index is 13.3. The van der Waals surface area contributed by atoms with E-state index in [1.165, 1.54) is 12.8 Å². The zero-order valence-corrected chi connectivity index (χ0v) is 19.4. The summed E-state index contributed by atoms with van der Waals surface area (Å²) in [6, 6.07) is 7.44. The first-order chi connectivity index (χ1) is 14.8. The average Bonchev–Trinajstić information content (AvgIpc) is 3.52. The van der Waals surface area contributed by atoms with Gasteiger partial charge in [-0.2, -0.15) is 9.40 Å². The van der Waals surface area contributed by atoms with Crippen molar-refractivity contribution in [3.63, 3.8) is 0 Å². The third-order valence-electron chi connectivity index (χ3n) is 6.45. The number of benzene rings is 1. The molecular weight excluding hydrogens is 412 g/mol. The minimum Gasteiger partial charge on any atom is -0.352 e. The van der Waals surface area contributed by atoms with Gasteiger partial charge in [0.15, 0.2) is 0 Å². The van der Waals surface area contributed by atoms with Gasteiger partial charge in [0.25, 0.3) is 5.91 Å². The van der Waals surface area contributed by atoms with Crippen molar-refractivity contribution < 1.29 is 13.2 Å². The minimum atomic E-state index is -3.55. The molecule has 4 rings (SSSR count). The Bertz CT molecular complexity index is 1050. The van der Waals surface area contributed by atoms with Crippen LogP contribution in [0, 0.1) is 25.7 Å². The first-order valence-corrected chi connectivity index (χ1v) is 12.6. The van der Waals surface area contributed by atoms with Crippen molar-refractivity contribution in [1.29, 1.82) is 0 Å². The molecule has 2 aliphatic rings. The topological polar surface area (TPSA) is 84.3 Å². The van der Waals surface area contributed by atoms with Crippen molar-refractivity contribution in [3.05, 3.63) is 46.8 Å². The Morgan fingerprint density at radius 2 is 1.74 bits per heavy atom. The van der Waals surface area contributed by atoms with E-state index in [1.54, 1.807) is 15.9 Å². The molecule has 2 fully saturated rings. The van der Waals surface area contributed by atoms with E-state index in [-0.39, 0.29) is 5.91 Å². The fourth-order valence-corrected chi connectivity index (χ4v) is 6.00. The second kappa shape index (κ2) is 8.74. The molecule has 1 aliphatic carbocycles. The molecule has 1 saturated carbocycles. The summed E-state index contributed by atoms with van der Waals surface area (Å²) in [5.41, 5.74) is 2.80. The van der Waals surface area contributed by atoms with Gasteiger partial charge in [-0.3, -0.25) is 9.48 Å². The number of amides is 1. The van der Waals surface area contributed by atoms with Crippen LogP contribution in [-0.2, 0) is 16.6 Å². The van der Waals surface area contributed by atoms with E-state index >= 15 is 0 Å². The molecule has 1 amide bonds. The smallest absolute Gasteiger partial charge is 0.251 e.